The number of aryl methyl sites for hydroxylation is 1. The molecule has 1 aliphatic heterocycles. The topological polar surface area (TPSA) is 32.7 Å². The maximum atomic E-state index is 10.4. The van der Waals surface area contributed by atoms with Crippen LogP contribution in [0.5, 0.6) is 0 Å². The highest BCUT2D eigenvalue weighted by Gasteiger charge is 2.22. The number of aliphatic hydroxyl groups is 1. The van der Waals surface area contributed by atoms with Crippen molar-refractivity contribution in [2.75, 3.05) is 26.2 Å². The van der Waals surface area contributed by atoms with E-state index in [0.29, 0.717) is 12.6 Å². The minimum Gasteiger partial charge on any atom is -0.387 e. The molecule has 2 atom stereocenters. The molecule has 1 aromatic carbocycles. The number of piperidine rings is 1. The lowest BCUT2D eigenvalue weighted by Gasteiger charge is -2.33. The molecule has 0 aliphatic carbocycles. The molecule has 0 spiro atoms. The van der Waals surface area contributed by atoms with E-state index in [1.807, 2.05) is 19.1 Å². The summed E-state index contributed by atoms with van der Waals surface area (Å²) in [6.07, 6.45) is 3.28. The molecule has 1 fully saturated rings. The molecule has 0 amide bonds. The first kappa shape index (κ1) is 15.5. The summed E-state index contributed by atoms with van der Waals surface area (Å²) < 4.78 is 5.71. The molecular formula is C17H27NO2. The smallest absolute Gasteiger partial charge is 0.0916 e. The molecule has 1 saturated heterocycles. The third-order valence-corrected chi connectivity index (χ3v) is 4.07. The highest BCUT2D eigenvalue weighted by atomic mass is 16.5. The van der Waals surface area contributed by atoms with Crippen LogP contribution in [-0.4, -0.2) is 42.4 Å². The molecule has 2 unspecified atom stereocenters. The standard InChI is InChI=1S/C17H27NO2/c1-3-14-7-9-15(10-8-14)17(19)13-18-11-5-6-16(12-18)20-4-2/h7-10,16-17,19H,3-6,11-13H2,1-2H3. The van der Waals surface area contributed by atoms with Crippen LogP contribution in [-0.2, 0) is 11.2 Å². The Kier molecular flexibility index (Phi) is 6.02. The zero-order valence-electron chi connectivity index (χ0n) is 12.7. The van der Waals surface area contributed by atoms with Crippen LogP contribution in [0.25, 0.3) is 0 Å². The summed E-state index contributed by atoms with van der Waals surface area (Å²) in [5.74, 6) is 0. The largest absolute Gasteiger partial charge is 0.387 e. The van der Waals surface area contributed by atoms with Crippen LogP contribution in [0.3, 0.4) is 0 Å². The Morgan fingerprint density at radius 1 is 1.30 bits per heavy atom. The van der Waals surface area contributed by atoms with Gasteiger partial charge in [-0.3, -0.25) is 4.90 Å². The van der Waals surface area contributed by atoms with Crippen LogP contribution in [0, 0.1) is 0 Å². The van der Waals surface area contributed by atoms with Gasteiger partial charge < -0.3 is 9.84 Å². The molecule has 0 radical (unpaired) electrons. The Morgan fingerprint density at radius 3 is 2.70 bits per heavy atom. The van der Waals surface area contributed by atoms with E-state index in [2.05, 4.69) is 24.0 Å². The fraction of sp³-hybridized carbons (Fsp3) is 0.647. The summed E-state index contributed by atoms with van der Waals surface area (Å²) in [6, 6.07) is 8.32. The summed E-state index contributed by atoms with van der Waals surface area (Å²) in [5.41, 5.74) is 2.33. The fourth-order valence-electron chi connectivity index (χ4n) is 2.88. The first-order valence-corrected chi connectivity index (χ1v) is 7.83. The molecular weight excluding hydrogens is 250 g/mol. The predicted molar refractivity (Wildman–Crippen MR) is 81.9 cm³/mol. The van der Waals surface area contributed by atoms with Crippen molar-refractivity contribution >= 4 is 0 Å². The quantitative estimate of drug-likeness (QED) is 0.868. The molecule has 0 aromatic heterocycles. The zero-order valence-corrected chi connectivity index (χ0v) is 12.7. The Bertz CT molecular complexity index is 388. The van der Waals surface area contributed by atoms with Crippen molar-refractivity contribution in [2.45, 2.75) is 45.3 Å². The second-order valence-corrected chi connectivity index (χ2v) is 5.59. The first-order valence-electron chi connectivity index (χ1n) is 7.83. The molecule has 1 aromatic rings. The SMILES string of the molecule is CCOC1CCCN(CC(O)c2ccc(CC)cc2)C1. The second-order valence-electron chi connectivity index (χ2n) is 5.59. The molecule has 1 N–H and O–H groups in total. The number of hydrogen-bond acceptors (Lipinski definition) is 3. The lowest BCUT2D eigenvalue weighted by atomic mass is 10.0. The van der Waals surface area contributed by atoms with Crippen molar-refractivity contribution in [3.8, 4) is 0 Å². The summed E-state index contributed by atoms with van der Waals surface area (Å²) in [6.45, 7) is 7.68. The monoisotopic (exact) mass is 277 g/mol. The van der Waals surface area contributed by atoms with Gasteiger partial charge in [-0.2, -0.15) is 0 Å². The first-order chi connectivity index (χ1) is 9.72. The van der Waals surface area contributed by atoms with Gasteiger partial charge in [0, 0.05) is 19.7 Å². The number of aliphatic hydroxyl groups excluding tert-OH is 1. The van der Waals surface area contributed by atoms with Gasteiger partial charge in [-0.25, -0.2) is 0 Å². The molecule has 20 heavy (non-hydrogen) atoms. The van der Waals surface area contributed by atoms with Gasteiger partial charge in [-0.15, -0.1) is 0 Å². The average Bonchev–Trinajstić information content (AvgIpc) is 2.48. The number of β-amino-alcohol motifs (C(OH)–C–C–N with tert-alkyl or cyclic N) is 1. The highest BCUT2D eigenvalue weighted by molar-refractivity contribution is 5.24. The minimum absolute atomic E-state index is 0.336. The summed E-state index contributed by atoms with van der Waals surface area (Å²) in [4.78, 5) is 2.32. The molecule has 3 heteroatoms. The summed E-state index contributed by atoms with van der Waals surface area (Å²) >= 11 is 0. The van der Waals surface area contributed by atoms with E-state index in [1.165, 1.54) is 5.56 Å². The molecule has 0 bridgehead atoms. The Hall–Kier alpha value is -0.900. The number of hydrogen-bond donors (Lipinski definition) is 1. The summed E-state index contributed by atoms with van der Waals surface area (Å²) in [5, 5.41) is 10.4. The second kappa shape index (κ2) is 7.77. The number of likely N-dealkylation sites (tertiary alicyclic amines) is 1. The number of ether oxygens (including phenoxy) is 1. The van der Waals surface area contributed by atoms with Crippen molar-refractivity contribution < 1.29 is 9.84 Å². The van der Waals surface area contributed by atoms with Crippen LogP contribution in [0.4, 0.5) is 0 Å². The van der Waals surface area contributed by atoms with E-state index < -0.39 is 6.10 Å². The lowest BCUT2D eigenvalue weighted by Crippen LogP contribution is -2.41. The van der Waals surface area contributed by atoms with E-state index in [0.717, 1.165) is 44.5 Å². The number of nitrogens with zero attached hydrogens (tertiary/aromatic N) is 1. The van der Waals surface area contributed by atoms with E-state index in [9.17, 15) is 5.11 Å². The Balaban J connectivity index is 1.87. The van der Waals surface area contributed by atoms with Crippen LogP contribution in [0.15, 0.2) is 24.3 Å². The van der Waals surface area contributed by atoms with Crippen LogP contribution < -0.4 is 0 Å². The van der Waals surface area contributed by atoms with Crippen LogP contribution in [0.2, 0.25) is 0 Å². The van der Waals surface area contributed by atoms with E-state index >= 15 is 0 Å². The molecule has 2 rings (SSSR count). The van der Waals surface area contributed by atoms with Crippen molar-refractivity contribution in [3.05, 3.63) is 35.4 Å². The van der Waals surface area contributed by atoms with Gasteiger partial charge in [0.1, 0.15) is 0 Å². The van der Waals surface area contributed by atoms with E-state index in [4.69, 9.17) is 4.74 Å². The van der Waals surface area contributed by atoms with Crippen molar-refractivity contribution in [1.82, 2.24) is 4.90 Å². The Labute approximate surface area is 122 Å². The van der Waals surface area contributed by atoms with Gasteiger partial charge in [0.05, 0.1) is 12.2 Å². The van der Waals surface area contributed by atoms with Gasteiger partial charge in [0.25, 0.3) is 0 Å². The maximum Gasteiger partial charge on any atom is 0.0916 e. The average molecular weight is 277 g/mol. The predicted octanol–water partition coefficient (Wildman–Crippen LogP) is 2.78. The van der Waals surface area contributed by atoms with Gasteiger partial charge in [-0.05, 0) is 43.9 Å². The lowest BCUT2D eigenvalue weighted by molar-refractivity contribution is -0.00705. The Morgan fingerprint density at radius 2 is 2.05 bits per heavy atom. The fourth-order valence-corrected chi connectivity index (χ4v) is 2.88. The third kappa shape index (κ3) is 4.30. The zero-order chi connectivity index (χ0) is 14.4. The minimum atomic E-state index is -0.402. The third-order valence-electron chi connectivity index (χ3n) is 4.07. The van der Waals surface area contributed by atoms with Gasteiger partial charge >= 0.3 is 0 Å². The van der Waals surface area contributed by atoms with Gasteiger partial charge in [-0.1, -0.05) is 31.2 Å². The van der Waals surface area contributed by atoms with Gasteiger partial charge in [0.2, 0.25) is 0 Å². The van der Waals surface area contributed by atoms with Crippen molar-refractivity contribution in [3.63, 3.8) is 0 Å². The molecule has 0 saturated carbocycles. The number of rotatable bonds is 6. The normalized spacial score (nSPS) is 21.9. The van der Waals surface area contributed by atoms with E-state index in [1.54, 1.807) is 0 Å². The molecule has 3 nitrogen and oxygen atoms in total. The van der Waals surface area contributed by atoms with E-state index in [-0.39, 0.29) is 0 Å². The summed E-state index contributed by atoms with van der Waals surface area (Å²) in [7, 11) is 0. The van der Waals surface area contributed by atoms with Crippen molar-refractivity contribution in [2.24, 2.45) is 0 Å². The molecule has 1 heterocycles. The maximum absolute atomic E-state index is 10.4. The highest BCUT2D eigenvalue weighted by Crippen LogP contribution is 2.19. The molecule has 112 valence electrons. The molecule has 1 aliphatic rings. The van der Waals surface area contributed by atoms with Crippen LogP contribution in [0.1, 0.15) is 43.9 Å². The van der Waals surface area contributed by atoms with Crippen LogP contribution >= 0.6 is 0 Å². The van der Waals surface area contributed by atoms with Gasteiger partial charge in [0.15, 0.2) is 0 Å². The van der Waals surface area contributed by atoms with Crippen molar-refractivity contribution in [1.29, 1.82) is 0 Å². The number of benzene rings is 1.